The van der Waals surface area contributed by atoms with Crippen LogP contribution in [0.25, 0.3) is 0 Å². The number of rotatable bonds is 4. The molecule has 5 rings (SSSR count). The van der Waals surface area contributed by atoms with Crippen molar-refractivity contribution in [2.24, 2.45) is 35.5 Å². The van der Waals surface area contributed by atoms with Gasteiger partial charge in [0.15, 0.2) is 0 Å². The summed E-state index contributed by atoms with van der Waals surface area (Å²) in [5.74, 6) is 6.86. The topological polar surface area (TPSA) is 0 Å². The first-order valence-corrected chi connectivity index (χ1v) is 21.6. The van der Waals surface area contributed by atoms with Crippen LogP contribution in [0.2, 0.25) is 37.3 Å². The van der Waals surface area contributed by atoms with Crippen molar-refractivity contribution < 1.29 is 0 Å². The lowest BCUT2D eigenvalue weighted by Crippen LogP contribution is -2.61. The van der Waals surface area contributed by atoms with E-state index < -0.39 is 15.2 Å². The smallest absolute Gasteiger partial charge is 0.0448 e. The van der Waals surface area contributed by atoms with Crippen molar-refractivity contribution in [1.29, 1.82) is 0 Å². The van der Waals surface area contributed by atoms with Gasteiger partial charge in [-0.1, -0.05) is 103 Å². The Kier molecular flexibility index (Phi) is 6.42. The van der Waals surface area contributed by atoms with Gasteiger partial charge < -0.3 is 0 Å². The highest BCUT2D eigenvalue weighted by molar-refractivity contribution is 7.41. The van der Waals surface area contributed by atoms with Crippen LogP contribution in [0.4, 0.5) is 0 Å². The molecule has 5 saturated carbocycles. The third-order valence-electron chi connectivity index (χ3n) is 12.6. The van der Waals surface area contributed by atoms with E-state index >= 15 is 0 Å². The van der Waals surface area contributed by atoms with Crippen LogP contribution in [0.15, 0.2) is 0 Å². The van der Waals surface area contributed by atoms with Crippen molar-refractivity contribution in [3.8, 4) is 0 Å². The second-order valence-corrected chi connectivity index (χ2v) is 30.0. The zero-order chi connectivity index (χ0) is 20.9. The van der Waals surface area contributed by atoms with E-state index in [-0.39, 0.29) is 0 Å². The molecule has 5 aliphatic carbocycles. The Morgan fingerprint density at radius 3 is 1.67 bits per heavy atom. The van der Waals surface area contributed by atoms with Crippen LogP contribution < -0.4 is 0 Å². The van der Waals surface area contributed by atoms with Crippen molar-refractivity contribution >= 4 is 15.2 Å². The van der Waals surface area contributed by atoms with Gasteiger partial charge in [-0.25, -0.2) is 0 Å². The summed E-state index contributed by atoms with van der Waals surface area (Å²) >= 11 is 0. The Morgan fingerprint density at radius 2 is 0.900 bits per heavy atom. The highest BCUT2D eigenvalue weighted by Gasteiger charge is 2.57. The minimum absolute atomic E-state index is 1.09. The molecule has 0 spiro atoms. The summed E-state index contributed by atoms with van der Waals surface area (Å²) in [6, 6.07) is 0. The molecule has 0 heterocycles. The van der Waals surface area contributed by atoms with Crippen molar-refractivity contribution in [2.75, 3.05) is 0 Å². The molecule has 30 heavy (non-hydrogen) atoms. The molecule has 0 saturated heterocycles. The first-order chi connectivity index (χ1) is 14.4. The lowest BCUT2D eigenvalue weighted by atomic mass is 9.57. The summed E-state index contributed by atoms with van der Waals surface area (Å²) in [5, 5.41) is 0. The van der Waals surface area contributed by atoms with Gasteiger partial charge in [-0.3, -0.25) is 0 Å². The standard InChI is InChI=1S/C28H52Si2/c1-29(2,22-13-6-7-14-22)30(3,4)28-20-19-26-25(17-10-18-27(26)28)24-16-9-12-21-11-5-8-15-23(21)24/h21-28H,5-20H2,1-4H3. The van der Waals surface area contributed by atoms with Crippen LogP contribution in [0.3, 0.4) is 0 Å². The molecule has 0 N–H and O–H groups in total. The molecule has 7 unspecified atom stereocenters. The Labute approximate surface area is 190 Å². The van der Waals surface area contributed by atoms with Gasteiger partial charge in [0.2, 0.25) is 0 Å². The number of hydrogen-bond acceptors (Lipinski definition) is 0. The van der Waals surface area contributed by atoms with E-state index in [9.17, 15) is 0 Å². The molecule has 7 atom stereocenters. The molecule has 0 bridgehead atoms. The molecule has 0 aliphatic heterocycles. The van der Waals surface area contributed by atoms with E-state index in [4.69, 9.17) is 0 Å². The van der Waals surface area contributed by atoms with E-state index in [2.05, 4.69) is 26.2 Å². The maximum atomic E-state index is 2.91. The van der Waals surface area contributed by atoms with Crippen LogP contribution >= 0.6 is 0 Å². The summed E-state index contributed by atoms with van der Waals surface area (Å²) < 4.78 is 0. The van der Waals surface area contributed by atoms with Crippen molar-refractivity contribution in [3.63, 3.8) is 0 Å². The minimum atomic E-state index is -1.15. The van der Waals surface area contributed by atoms with Crippen LogP contribution in [0.1, 0.15) is 103 Å². The molecule has 0 aromatic rings. The van der Waals surface area contributed by atoms with E-state index in [0.717, 1.165) is 35.5 Å². The molecule has 0 nitrogen and oxygen atoms in total. The van der Waals surface area contributed by atoms with Crippen LogP contribution in [-0.4, -0.2) is 15.2 Å². The fourth-order valence-electron chi connectivity index (χ4n) is 10.4. The molecule has 0 aromatic heterocycles. The van der Waals surface area contributed by atoms with Gasteiger partial charge in [0, 0.05) is 15.2 Å². The van der Waals surface area contributed by atoms with Gasteiger partial charge in [0.25, 0.3) is 0 Å². The van der Waals surface area contributed by atoms with Gasteiger partial charge in [-0.15, -0.1) is 0 Å². The fraction of sp³-hybridized carbons (Fsp3) is 1.00. The average molecular weight is 445 g/mol. The highest BCUT2D eigenvalue weighted by Crippen LogP contribution is 2.61. The maximum Gasteiger partial charge on any atom is 0.0448 e. The molecule has 0 aromatic carbocycles. The maximum absolute atomic E-state index is 2.91. The number of hydrogen-bond donors (Lipinski definition) is 0. The molecular formula is C28H52Si2. The predicted molar refractivity (Wildman–Crippen MR) is 137 cm³/mol. The van der Waals surface area contributed by atoms with Crippen LogP contribution in [0.5, 0.6) is 0 Å². The Morgan fingerprint density at radius 1 is 0.400 bits per heavy atom. The molecule has 0 amide bonds. The zero-order valence-corrected chi connectivity index (χ0v) is 22.9. The molecule has 0 radical (unpaired) electrons. The van der Waals surface area contributed by atoms with E-state index in [1.165, 1.54) is 11.1 Å². The summed E-state index contributed by atoms with van der Waals surface area (Å²) in [7, 11) is -2.24. The van der Waals surface area contributed by atoms with E-state index in [0.29, 0.717) is 0 Å². The van der Waals surface area contributed by atoms with Gasteiger partial charge in [-0.2, -0.15) is 0 Å². The molecule has 172 valence electrons. The summed E-state index contributed by atoms with van der Waals surface area (Å²) in [6.45, 7) is 11.6. The van der Waals surface area contributed by atoms with E-state index in [1.807, 2.05) is 0 Å². The Bertz CT molecular complexity index is 587. The second-order valence-electron chi connectivity index (χ2n) is 13.8. The monoisotopic (exact) mass is 444 g/mol. The largest absolute Gasteiger partial charge is 0.0711 e. The second kappa shape index (κ2) is 8.66. The summed E-state index contributed by atoms with van der Waals surface area (Å²) in [6.07, 6.45) is 25.5. The molecule has 5 aliphatic rings. The zero-order valence-electron chi connectivity index (χ0n) is 20.9. The quantitative estimate of drug-likeness (QED) is 0.379. The SMILES string of the molecule is C[Si](C)(C1CCCC1)[Si](C)(C)C1CCC2C(C3CCCC4CCCCC43)CCCC21. The molecule has 5 fully saturated rings. The first-order valence-electron chi connectivity index (χ1n) is 14.4. The summed E-state index contributed by atoms with van der Waals surface area (Å²) in [4.78, 5) is 0. The lowest BCUT2D eigenvalue weighted by Gasteiger charge is -2.52. The summed E-state index contributed by atoms with van der Waals surface area (Å²) in [5.41, 5.74) is 2.37. The third-order valence-corrected chi connectivity index (χ3v) is 33.5. The third kappa shape index (κ3) is 3.66. The predicted octanol–water partition coefficient (Wildman–Crippen LogP) is 9.23. The molecule has 2 heteroatoms. The Balaban J connectivity index is 1.34. The van der Waals surface area contributed by atoms with Crippen LogP contribution in [0, 0.1) is 35.5 Å². The van der Waals surface area contributed by atoms with Gasteiger partial charge in [0.05, 0.1) is 0 Å². The normalized spacial score (nSPS) is 43.4. The van der Waals surface area contributed by atoms with Crippen molar-refractivity contribution in [1.82, 2.24) is 0 Å². The van der Waals surface area contributed by atoms with Gasteiger partial charge in [-0.05, 0) is 72.3 Å². The van der Waals surface area contributed by atoms with Gasteiger partial charge >= 0.3 is 0 Å². The Hall–Kier alpha value is 0.434. The number of fused-ring (bicyclic) bond motifs is 2. The van der Waals surface area contributed by atoms with Crippen LogP contribution in [-0.2, 0) is 0 Å². The fourth-order valence-corrected chi connectivity index (χ4v) is 24.6. The average Bonchev–Trinajstić information content (AvgIpc) is 3.43. The first kappa shape index (κ1) is 22.2. The van der Waals surface area contributed by atoms with E-state index in [1.54, 1.807) is 103 Å². The van der Waals surface area contributed by atoms with Gasteiger partial charge in [0.1, 0.15) is 0 Å². The minimum Gasteiger partial charge on any atom is -0.0711 e. The van der Waals surface area contributed by atoms with Crippen molar-refractivity contribution in [3.05, 3.63) is 0 Å². The lowest BCUT2D eigenvalue weighted by molar-refractivity contribution is 0.0130. The van der Waals surface area contributed by atoms with Crippen molar-refractivity contribution in [2.45, 2.75) is 140 Å². The molecular weight excluding hydrogens is 392 g/mol. The highest BCUT2D eigenvalue weighted by atomic mass is 29.3.